The number of rotatable bonds is 10. The number of carbonyl (C=O) groups excluding carboxylic acids is 2. The lowest BCUT2D eigenvalue weighted by Crippen LogP contribution is -2.74. The molecule has 0 aliphatic carbocycles. The van der Waals surface area contributed by atoms with Crippen molar-refractivity contribution in [3.8, 4) is 17.2 Å². The van der Waals surface area contributed by atoms with Gasteiger partial charge in [0.05, 0.1) is 11.4 Å². The molecule has 1 fully saturated rings. The molecule has 3 heterocycles. The van der Waals surface area contributed by atoms with Gasteiger partial charge in [-0.25, -0.2) is 4.79 Å². The lowest BCUT2D eigenvalue weighted by Gasteiger charge is -2.51. The minimum atomic E-state index is -1.34. The number of hydrogen-bond donors (Lipinski definition) is 2. The van der Waals surface area contributed by atoms with Crippen LogP contribution < -0.4 is 14.8 Å². The van der Waals surface area contributed by atoms with Gasteiger partial charge in [0.2, 0.25) is 11.8 Å². The van der Waals surface area contributed by atoms with E-state index in [1.807, 2.05) is 17.5 Å². The van der Waals surface area contributed by atoms with Crippen molar-refractivity contribution in [2.45, 2.75) is 30.0 Å². The molecular formula is C28H21Cl3N2O6S2. The van der Waals surface area contributed by atoms with E-state index in [0.717, 1.165) is 4.88 Å². The van der Waals surface area contributed by atoms with Crippen molar-refractivity contribution in [2.75, 3.05) is 0 Å². The number of nitrogens with one attached hydrogen (secondary N) is 1. The molecule has 1 aromatic heterocycles. The van der Waals surface area contributed by atoms with Crippen molar-refractivity contribution in [1.29, 1.82) is 0 Å². The molecule has 0 saturated carbocycles. The van der Waals surface area contributed by atoms with E-state index in [9.17, 15) is 19.5 Å². The zero-order valence-corrected chi connectivity index (χ0v) is 24.9. The molecule has 2 aliphatic heterocycles. The number of aliphatic carboxylic acids is 1. The summed E-state index contributed by atoms with van der Waals surface area (Å²) in [4.78, 5) is 40.2. The number of thioether (sulfide) groups is 1. The van der Waals surface area contributed by atoms with E-state index in [4.69, 9.17) is 44.3 Å². The van der Waals surface area contributed by atoms with Gasteiger partial charge in [-0.15, -0.1) is 23.1 Å². The highest BCUT2D eigenvalue weighted by molar-refractivity contribution is 8.03. The van der Waals surface area contributed by atoms with E-state index in [1.165, 1.54) is 46.2 Å². The summed E-state index contributed by atoms with van der Waals surface area (Å²) in [6.45, 7) is 3.82. The number of β-lactam (4-membered cyclic amide) rings is 1. The monoisotopic (exact) mass is 650 g/mol. The van der Waals surface area contributed by atoms with Gasteiger partial charge < -0.3 is 24.8 Å². The van der Waals surface area contributed by atoms with Gasteiger partial charge in [0, 0.05) is 26.6 Å². The van der Waals surface area contributed by atoms with E-state index in [-0.39, 0.29) is 34.4 Å². The minimum Gasteiger partial charge on any atom is -0.479 e. The number of amides is 2. The number of carboxylic acid groups (broad SMARTS) is 1. The Bertz CT molecular complexity index is 1550. The lowest BCUT2D eigenvalue weighted by atomic mass is 9.94. The normalized spacial score (nSPS) is 20.3. The van der Waals surface area contributed by atoms with Crippen molar-refractivity contribution in [1.82, 2.24) is 10.2 Å². The van der Waals surface area contributed by atoms with Gasteiger partial charge in [-0.3, -0.25) is 9.59 Å². The van der Waals surface area contributed by atoms with Gasteiger partial charge in [0.25, 0.3) is 0 Å². The van der Waals surface area contributed by atoms with E-state index in [2.05, 4.69) is 11.9 Å². The molecule has 2 aromatic carbocycles. The Morgan fingerprint density at radius 3 is 2.49 bits per heavy atom. The molecule has 13 heteroatoms. The molecule has 0 bridgehead atoms. The predicted molar refractivity (Wildman–Crippen MR) is 160 cm³/mol. The maximum absolute atomic E-state index is 13.1. The molecule has 0 radical (unpaired) electrons. The van der Waals surface area contributed by atoms with Crippen molar-refractivity contribution in [3.05, 3.63) is 97.5 Å². The Morgan fingerprint density at radius 1 is 1.10 bits per heavy atom. The van der Waals surface area contributed by atoms with Crippen LogP contribution in [0.4, 0.5) is 0 Å². The second kappa shape index (κ2) is 12.4. The summed E-state index contributed by atoms with van der Waals surface area (Å²) in [5.74, 6) is -1.28. The molecule has 4 atom stereocenters. The van der Waals surface area contributed by atoms with E-state index in [1.54, 1.807) is 29.7 Å². The molecule has 2 N–H and O–H groups in total. The molecule has 2 amide bonds. The molecule has 5 rings (SSSR count). The molecule has 8 nitrogen and oxygen atoms in total. The molecule has 3 aromatic rings. The molecule has 3 unspecified atom stereocenters. The zero-order chi connectivity index (χ0) is 29.3. The van der Waals surface area contributed by atoms with Crippen LogP contribution in [0.2, 0.25) is 15.1 Å². The van der Waals surface area contributed by atoms with Gasteiger partial charge in [-0.1, -0.05) is 47.4 Å². The average Bonchev–Trinajstić information content (AvgIpc) is 3.45. The SMILES string of the molecule is C=CC(Oc1cc(Cl)ccc1Oc1ccc(Cl)cc1Cl)C1=CS[C@H]2C(NC(=O)Cc3cccs3)C(=O)N2C1C(=O)O. The summed E-state index contributed by atoms with van der Waals surface area (Å²) >= 11 is 21.2. The molecular weight excluding hydrogens is 631 g/mol. The minimum absolute atomic E-state index is 0.139. The second-order valence-corrected chi connectivity index (χ2v) is 12.3. The first-order valence-electron chi connectivity index (χ1n) is 12.1. The van der Waals surface area contributed by atoms with Crippen LogP contribution in [-0.4, -0.2) is 51.4 Å². The summed E-state index contributed by atoms with van der Waals surface area (Å²) in [6, 6.07) is 10.9. The Kier molecular flexibility index (Phi) is 8.86. The van der Waals surface area contributed by atoms with Crippen LogP contribution in [0.3, 0.4) is 0 Å². The van der Waals surface area contributed by atoms with Crippen LogP contribution >= 0.6 is 57.9 Å². The van der Waals surface area contributed by atoms with Crippen molar-refractivity contribution in [3.63, 3.8) is 0 Å². The number of halogens is 3. The molecule has 0 spiro atoms. The average molecular weight is 652 g/mol. The fourth-order valence-corrected chi connectivity index (χ4v) is 6.99. The summed E-state index contributed by atoms with van der Waals surface area (Å²) in [6.07, 6.45) is 0.596. The first-order valence-corrected chi connectivity index (χ1v) is 15.1. The third kappa shape index (κ3) is 6.22. The smallest absolute Gasteiger partial charge is 0.331 e. The third-order valence-electron chi connectivity index (χ3n) is 6.30. The Hall–Kier alpha value is -3.15. The summed E-state index contributed by atoms with van der Waals surface area (Å²) in [5.41, 5.74) is 0.279. The summed E-state index contributed by atoms with van der Waals surface area (Å²) < 4.78 is 12.1. The fourth-order valence-electron chi connectivity index (χ4n) is 4.41. The highest BCUT2D eigenvalue weighted by Gasteiger charge is 2.56. The van der Waals surface area contributed by atoms with Crippen LogP contribution in [0.25, 0.3) is 0 Å². The quantitative estimate of drug-likeness (QED) is 0.193. The Balaban J connectivity index is 1.36. The number of fused-ring (bicyclic) bond motifs is 1. The first kappa shape index (κ1) is 29.3. The number of hydrogen-bond acceptors (Lipinski definition) is 7. The van der Waals surface area contributed by atoms with E-state index < -0.39 is 35.4 Å². The largest absolute Gasteiger partial charge is 0.479 e. The fraction of sp³-hybridized carbons (Fsp3) is 0.179. The number of thiophene rings is 1. The van der Waals surface area contributed by atoms with Gasteiger partial charge in [0.15, 0.2) is 17.5 Å². The highest BCUT2D eigenvalue weighted by atomic mass is 35.5. The van der Waals surface area contributed by atoms with Crippen LogP contribution in [0.1, 0.15) is 4.88 Å². The summed E-state index contributed by atoms with van der Waals surface area (Å²) in [7, 11) is 0. The van der Waals surface area contributed by atoms with E-state index >= 15 is 0 Å². The highest BCUT2D eigenvalue weighted by Crippen LogP contribution is 2.43. The van der Waals surface area contributed by atoms with Crippen molar-refractivity contribution < 1.29 is 29.0 Å². The summed E-state index contributed by atoms with van der Waals surface area (Å²) in [5, 5.41) is 16.9. The maximum atomic E-state index is 13.1. The maximum Gasteiger partial charge on any atom is 0.331 e. The number of ether oxygens (including phenoxy) is 2. The number of benzene rings is 2. The van der Waals surface area contributed by atoms with Crippen LogP contribution in [-0.2, 0) is 20.8 Å². The number of nitrogens with zero attached hydrogens (tertiary/aromatic N) is 1. The standard InChI is InChI=1S/C28H21Cl3N2O6S2/c1-2-19(38-22-11-15(30)6-8-21(22)39-20-7-5-14(29)10-18(20)31)17-13-41-27-24(26(35)33(27)25(17)28(36)37)32-23(34)12-16-4-3-9-40-16/h2-11,13,19,24-25,27H,1,12H2,(H,32,34)(H,36,37)/t19?,24?,25?,27-/m0/s1. The third-order valence-corrected chi connectivity index (χ3v) is 9.13. The van der Waals surface area contributed by atoms with Crippen molar-refractivity contribution >= 4 is 75.7 Å². The Morgan fingerprint density at radius 2 is 1.83 bits per heavy atom. The second-order valence-electron chi connectivity index (χ2n) is 8.97. The molecule has 212 valence electrons. The van der Waals surface area contributed by atoms with Gasteiger partial charge in [0.1, 0.15) is 23.3 Å². The van der Waals surface area contributed by atoms with Crippen LogP contribution in [0, 0.1) is 0 Å². The molecule has 41 heavy (non-hydrogen) atoms. The number of carbonyl (C=O) groups is 3. The van der Waals surface area contributed by atoms with Crippen molar-refractivity contribution in [2.24, 2.45) is 0 Å². The van der Waals surface area contributed by atoms with Gasteiger partial charge in [-0.05, 0) is 53.3 Å². The Labute approximate surface area is 258 Å². The van der Waals surface area contributed by atoms with E-state index in [0.29, 0.717) is 15.8 Å². The lowest BCUT2D eigenvalue weighted by molar-refractivity contribution is -0.160. The zero-order valence-electron chi connectivity index (χ0n) is 21.0. The molecule has 1 saturated heterocycles. The topological polar surface area (TPSA) is 105 Å². The van der Waals surface area contributed by atoms with Gasteiger partial charge >= 0.3 is 5.97 Å². The first-order chi connectivity index (χ1) is 19.7. The van der Waals surface area contributed by atoms with Crippen LogP contribution in [0.5, 0.6) is 17.2 Å². The number of carboxylic acids is 1. The van der Waals surface area contributed by atoms with Gasteiger partial charge in [-0.2, -0.15) is 0 Å². The van der Waals surface area contributed by atoms with Crippen LogP contribution in [0.15, 0.2) is 77.5 Å². The molecule has 2 aliphatic rings. The predicted octanol–water partition coefficient (Wildman–Crippen LogP) is 6.41.